The maximum absolute atomic E-state index is 9.77. The van der Waals surface area contributed by atoms with Gasteiger partial charge in [-0.1, -0.05) is 36.4 Å². The van der Waals surface area contributed by atoms with E-state index in [4.69, 9.17) is 0 Å². The maximum atomic E-state index is 9.77. The van der Waals surface area contributed by atoms with Gasteiger partial charge in [-0.2, -0.15) is 0 Å². The lowest BCUT2D eigenvalue weighted by atomic mass is 10.2. The molecule has 0 aliphatic heterocycles. The Balaban J connectivity index is 2.14. The molecular weight excluding hydrogens is 262 g/mol. The normalized spacial score (nSPS) is 10.3. The van der Waals surface area contributed by atoms with Crippen LogP contribution in [0.25, 0.3) is 0 Å². The third kappa shape index (κ3) is 2.67. The number of para-hydroxylation sites is 2. The van der Waals surface area contributed by atoms with Crippen molar-refractivity contribution >= 4 is 17.1 Å². The van der Waals surface area contributed by atoms with Gasteiger partial charge in [0, 0.05) is 17.4 Å². The van der Waals surface area contributed by atoms with Crippen molar-refractivity contribution in [2.45, 2.75) is 0 Å². The molecule has 21 heavy (non-hydrogen) atoms. The lowest BCUT2D eigenvalue weighted by Gasteiger charge is -2.25. The Labute approximate surface area is 123 Å². The smallest absolute Gasteiger partial charge is 0.159 e. The highest BCUT2D eigenvalue weighted by atomic mass is 16.3. The van der Waals surface area contributed by atoms with E-state index in [1.807, 2.05) is 65.6 Å². The molecule has 0 saturated heterocycles. The minimum Gasteiger partial charge on any atom is -0.504 e. The van der Waals surface area contributed by atoms with E-state index < -0.39 is 0 Å². The summed E-state index contributed by atoms with van der Waals surface area (Å²) < 4.78 is 0. The van der Waals surface area contributed by atoms with Crippen LogP contribution in [0.4, 0.5) is 17.1 Å². The number of nitrogens with zero attached hydrogens (tertiary/aromatic N) is 1. The number of hydrogen-bond acceptors (Lipinski definition) is 3. The Hall–Kier alpha value is -2.94. The number of phenolic OH excluding ortho intramolecular Hbond substituents is 2. The average Bonchev–Trinajstić information content (AvgIpc) is 2.53. The van der Waals surface area contributed by atoms with Crippen LogP contribution in [0.3, 0.4) is 0 Å². The van der Waals surface area contributed by atoms with Gasteiger partial charge in [-0.3, -0.25) is 0 Å². The van der Waals surface area contributed by atoms with Crippen molar-refractivity contribution in [2.75, 3.05) is 4.90 Å². The number of phenols is 2. The predicted molar refractivity (Wildman–Crippen MR) is 84.5 cm³/mol. The first-order chi connectivity index (χ1) is 10.3. The molecule has 0 saturated carbocycles. The molecule has 0 aliphatic carbocycles. The van der Waals surface area contributed by atoms with E-state index in [1.54, 1.807) is 12.1 Å². The average molecular weight is 277 g/mol. The molecule has 104 valence electrons. The summed E-state index contributed by atoms with van der Waals surface area (Å²) in [5, 5.41) is 19.3. The van der Waals surface area contributed by atoms with Crippen LogP contribution in [0.2, 0.25) is 0 Å². The van der Waals surface area contributed by atoms with Gasteiger partial charge in [-0.15, -0.1) is 0 Å². The second kappa shape index (κ2) is 5.59. The summed E-state index contributed by atoms with van der Waals surface area (Å²) in [5.41, 5.74) is 2.74. The van der Waals surface area contributed by atoms with Gasteiger partial charge in [0.2, 0.25) is 0 Å². The number of hydrogen-bond donors (Lipinski definition) is 2. The summed E-state index contributed by atoms with van der Waals surface area (Å²) in [5.74, 6) is -0.260. The summed E-state index contributed by atoms with van der Waals surface area (Å²) in [6.45, 7) is 0. The summed E-state index contributed by atoms with van der Waals surface area (Å²) in [4.78, 5) is 2.01. The molecule has 0 radical (unpaired) electrons. The standard InChI is InChI=1S/C18H15NO2/c20-17-12-11-16(13-18(17)21)19(14-7-3-1-4-8-14)15-9-5-2-6-10-15/h1-13,20-21H. The van der Waals surface area contributed by atoms with Crippen molar-refractivity contribution in [3.8, 4) is 11.5 Å². The Bertz CT molecular complexity index is 687. The van der Waals surface area contributed by atoms with Gasteiger partial charge < -0.3 is 15.1 Å². The van der Waals surface area contributed by atoms with Crippen molar-refractivity contribution in [1.82, 2.24) is 0 Å². The highest BCUT2D eigenvalue weighted by Gasteiger charge is 2.13. The molecule has 3 rings (SSSR count). The van der Waals surface area contributed by atoms with Crippen LogP contribution >= 0.6 is 0 Å². The molecule has 0 fully saturated rings. The number of aromatic hydroxyl groups is 2. The molecule has 0 heterocycles. The maximum Gasteiger partial charge on any atom is 0.159 e. The van der Waals surface area contributed by atoms with Crippen molar-refractivity contribution in [3.05, 3.63) is 78.9 Å². The topological polar surface area (TPSA) is 43.7 Å². The van der Waals surface area contributed by atoms with Gasteiger partial charge in [-0.05, 0) is 36.4 Å². The summed E-state index contributed by atoms with van der Waals surface area (Å²) in [6.07, 6.45) is 0. The van der Waals surface area contributed by atoms with E-state index in [9.17, 15) is 10.2 Å². The first-order valence-corrected chi connectivity index (χ1v) is 6.68. The minimum atomic E-state index is -0.135. The first kappa shape index (κ1) is 13.1. The van der Waals surface area contributed by atoms with Crippen molar-refractivity contribution in [2.24, 2.45) is 0 Å². The van der Waals surface area contributed by atoms with Crippen molar-refractivity contribution in [1.29, 1.82) is 0 Å². The number of benzene rings is 3. The molecule has 0 aromatic heterocycles. The quantitative estimate of drug-likeness (QED) is 0.689. The molecule has 2 N–H and O–H groups in total. The molecule has 3 aromatic rings. The Morgan fingerprint density at radius 3 is 1.52 bits per heavy atom. The van der Waals surface area contributed by atoms with Crippen LogP contribution in [0, 0.1) is 0 Å². The Morgan fingerprint density at radius 1 is 0.524 bits per heavy atom. The van der Waals surface area contributed by atoms with Crippen molar-refractivity contribution in [3.63, 3.8) is 0 Å². The molecule has 0 aliphatic rings. The lowest BCUT2D eigenvalue weighted by molar-refractivity contribution is 0.404. The third-order valence-electron chi connectivity index (χ3n) is 3.25. The molecule has 0 unspecified atom stereocenters. The Morgan fingerprint density at radius 2 is 1.05 bits per heavy atom. The predicted octanol–water partition coefficient (Wildman–Crippen LogP) is 4.57. The fourth-order valence-electron chi connectivity index (χ4n) is 2.25. The molecule has 0 spiro atoms. The highest BCUT2D eigenvalue weighted by molar-refractivity contribution is 5.77. The van der Waals surface area contributed by atoms with E-state index >= 15 is 0 Å². The highest BCUT2D eigenvalue weighted by Crippen LogP contribution is 2.37. The van der Waals surface area contributed by atoms with E-state index in [-0.39, 0.29) is 11.5 Å². The summed E-state index contributed by atoms with van der Waals surface area (Å²) in [6, 6.07) is 24.6. The SMILES string of the molecule is Oc1ccc(N(c2ccccc2)c2ccccc2)cc1O. The van der Waals surface area contributed by atoms with Gasteiger partial charge in [0.25, 0.3) is 0 Å². The zero-order valence-corrected chi connectivity index (χ0v) is 11.3. The number of anilines is 3. The van der Waals surface area contributed by atoms with E-state index in [2.05, 4.69) is 0 Å². The van der Waals surface area contributed by atoms with Crippen LogP contribution in [-0.2, 0) is 0 Å². The molecule has 3 nitrogen and oxygen atoms in total. The molecular formula is C18H15NO2. The zero-order valence-electron chi connectivity index (χ0n) is 11.3. The minimum absolute atomic E-state index is 0.125. The lowest BCUT2D eigenvalue weighted by Crippen LogP contribution is -2.09. The fourth-order valence-corrected chi connectivity index (χ4v) is 2.25. The van der Waals surface area contributed by atoms with E-state index in [1.165, 1.54) is 6.07 Å². The van der Waals surface area contributed by atoms with Gasteiger partial charge in [0.15, 0.2) is 11.5 Å². The monoisotopic (exact) mass is 277 g/mol. The fraction of sp³-hybridized carbons (Fsp3) is 0. The van der Waals surface area contributed by atoms with Crippen LogP contribution in [0.5, 0.6) is 11.5 Å². The van der Waals surface area contributed by atoms with Crippen molar-refractivity contribution < 1.29 is 10.2 Å². The van der Waals surface area contributed by atoms with Crippen LogP contribution in [0.1, 0.15) is 0 Å². The third-order valence-corrected chi connectivity index (χ3v) is 3.25. The van der Waals surface area contributed by atoms with Gasteiger partial charge >= 0.3 is 0 Å². The van der Waals surface area contributed by atoms with Crippen LogP contribution < -0.4 is 4.90 Å². The summed E-state index contributed by atoms with van der Waals surface area (Å²) >= 11 is 0. The largest absolute Gasteiger partial charge is 0.504 e. The van der Waals surface area contributed by atoms with Crippen LogP contribution in [0.15, 0.2) is 78.9 Å². The van der Waals surface area contributed by atoms with E-state index in [0.29, 0.717) is 0 Å². The zero-order chi connectivity index (χ0) is 14.7. The Kier molecular flexibility index (Phi) is 3.48. The van der Waals surface area contributed by atoms with Gasteiger partial charge in [-0.25, -0.2) is 0 Å². The summed E-state index contributed by atoms with van der Waals surface area (Å²) in [7, 11) is 0. The molecule has 0 amide bonds. The molecule has 0 atom stereocenters. The van der Waals surface area contributed by atoms with Gasteiger partial charge in [0.1, 0.15) is 0 Å². The van der Waals surface area contributed by atoms with E-state index in [0.717, 1.165) is 17.1 Å². The molecule has 3 heteroatoms. The molecule has 0 bridgehead atoms. The van der Waals surface area contributed by atoms with Gasteiger partial charge in [0.05, 0.1) is 5.69 Å². The molecule has 3 aromatic carbocycles. The van der Waals surface area contributed by atoms with Crippen LogP contribution in [-0.4, -0.2) is 10.2 Å². The first-order valence-electron chi connectivity index (χ1n) is 6.68. The second-order valence-corrected chi connectivity index (χ2v) is 4.68. The number of rotatable bonds is 3. The second-order valence-electron chi connectivity index (χ2n) is 4.68.